The first-order chi connectivity index (χ1) is 5.63. The summed E-state index contributed by atoms with van der Waals surface area (Å²) in [4.78, 5) is 1.93. The van der Waals surface area contributed by atoms with Crippen molar-refractivity contribution in [1.29, 1.82) is 0 Å². The fourth-order valence-electron chi connectivity index (χ4n) is 1.03. The molecule has 0 bridgehead atoms. The van der Waals surface area contributed by atoms with Crippen LogP contribution in [0.3, 0.4) is 0 Å². The third-order valence-electron chi connectivity index (χ3n) is 1.71. The Labute approximate surface area is 72.4 Å². The van der Waals surface area contributed by atoms with Crippen molar-refractivity contribution in [3.05, 3.63) is 23.8 Å². The first kappa shape index (κ1) is 8.87. The highest BCUT2D eigenvalue weighted by Crippen LogP contribution is 2.21. The number of anilines is 1. The maximum Gasteiger partial charge on any atom is 0.117 e. The molecule has 66 valence electrons. The van der Waals surface area contributed by atoms with E-state index in [0.717, 1.165) is 11.3 Å². The summed E-state index contributed by atoms with van der Waals surface area (Å²) < 4.78 is 0. The molecule has 3 N–H and O–H groups in total. The van der Waals surface area contributed by atoms with Gasteiger partial charge in [-0.2, -0.15) is 0 Å². The lowest BCUT2D eigenvalue weighted by Gasteiger charge is -2.13. The van der Waals surface area contributed by atoms with E-state index in [9.17, 15) is 5.11 Å². The van der Waals surface area contributed by atoms with Gasteiger partial charge in [0.05, 0.1) is 0 Å². The molecule has 0 saturated heterocycles. The second-order valence-electron chi connectivity index (χ2n) is 2.96. The maximum atomic E-state index is 9.29. The van der Waals surface area contributed by atoms with Gasteiger partial charge in [-0.15, -0.1) is 0 Å². The molecule has 3 heteroatoms. The van der Waals surface area contributed by atoms with Crippen LogP contribution < -0.4 is 10.6 Å². The molecule has 1 aromatic carbocycles. The van der Waals surface area contributed by atoms with Crippen LogP contribution in [0, 0.1) is 0 Å². The van der Waals surface area contributed by atoms with Gasteiger partial charge in [0.2, 0.25) is 0 Å². The number of hydrogen-bond acceptors (Lipinski definition) is 3. The number of phenols is 1. The predicted octanol–water partition coefficient (Wildman–Crippen LogP) is 0.917. The summed E-state index contributed by atoms with van der Waals surface area (Å²) in [5.41, 5.74) is 7.37. The molecule has 0 radical (unpaired) electrons. The van der Waals surface area contributed by atoms with Crippen molar-refractivity contribution in [3.8, 4) is 5.75 Å². The minimum absolute atomic E-state index is 0.265. The highest BCUT2D eigenvalue weighted by atomic mass is 16.3. The molecule has 0 amide bonds. The molecule has 0 unspecified atom stereocenters. The molecule has 0 fully saturated rings. The molecule has 0 heterocycles. The van der Waals surface area contributed by atoms with Crippen LogP contribution in [-0.2, 0) is 6.54 Å². The average molecular weight is 166 g/mol. The number of rotatable bonds is 2. The first-order valence-corrected chi connectivity index (χ1v) is 3.84. The molecule has 0 aliphatic carbocycles. The van der Waals surface area contributed by atoms with Gasteiger partial charge in [-0.25, -0.2) is 0 Å². The molecule has 3 nitrogen and oxygen atoms in total. The molecule has 12 heavy (non-hydrogen) atoms. The smallest absolute Gasteiger partial charge is 0.117 e. The zero-order chi connectivity index (χ0) is 9.14. The third-order valence-corrected chi connectivity index (χ3v) is 1.71. The Morgan fingerprint density at radius 2 is 2.00 bits per heavy atom. The zero-order valence-electron chi connectivity index (χ0n) is 7.41. The molecule has 0 aliphatic heterocycles. The van der Waals surface area contributed by atoms with E-state index >= 15 is 0 Å². The molecule has 0 aromatic heterocycles. The molecule has 1 aromatic rings. The highest BCUT2D eigenvalue weighted by Gasteiger charge is 1.99. The molecule has 0 saturated carbocycles. The van der Waals surface area contributed by atoms with Crippen LogP contribution in [0.4, 0.5) is 5.69 Å². The minimum Gasteiger partial charge on any atom is -0.508 e. The van der Waals surface area contributed by atoms with Crippen LogP contribution in [0.1, 0.15) is 5.56 Å². The molecule has 1 rings (SSSR count). The number of nitrogens with two attached hydrogens (primary N) is 1. The molecule has 0 atom stereocenters. The summed E-state index contributed by atoms with van der Waals surface area (Å²) in [7, 11) is 3.85. The Morgan fingerprint density at radius 3 is 2.50 bits per heavy atom. The van der Waals surface area contributed by atoms with E-state index in [1.54, 1.807) is 12.1 Å². The van der Waals surface area contributed by atoms with Crippen molar-refractivity contribution in [3.63, 3.8) is 0 Å². The number of benzene rings is 1. The summed E-state index contributed by atoms with van der Waals surface area (Å²) in [5, 5.41) is 9.29. The largest absolute Gasteiger partial charge is 0.508 e. The SMILES string of the molecule is CN(C)c1cc(O)cc(CN)c1. The fourth-order valence-corrected chi connectivity index (χ4v) is 1.03. The Balaban J connectivity index is 3.06. The second kappa shape index (κ2) is 3.45. The summed E-state index contributed by atoms with van der Waals surface area (Å²) >= 11 is 0. The van der Waals surface area contributed by atoms with E-state index in [0.29, 0.717) is 6.54 Å². The van der Waals surface area contributed by atoms with Gasteiger partial charge in [0, 0.05) is 32.4 Å². The molecular weight excluding hydrogens is 152 g/mol. The summed E-state index contributed by atoms with van der Waals surface area (Å²) in [6.45, 7) is 0.454. The molecule has 0 aliphatic rings. The highest BCUT2D eigenvalue weighted by molar-refractivity contribution is 5.51. The van der Waals surface area contributed by atoms with Gasteiger partial charge in [-0.1, -0.05) is 0 Å². The number of aromatic hydroxyl groups is 1. The average Bonchev–Trinajstić information content (AvgIpc) is 2.03. The Morgan fingerprint density at radius 1 is 1.33 bits per heavy atom. The van der Waals surface area contributed by atoms with E-state index in [1.165, 1.54) is 0 Å². The minimum atomic E-state index is 0.265. The van der Waals surface area contributed by atoms with Gasteiger partial charge in [0.15, 0.2) is 0 Å². The second-order valence-corrected chi connectivity index (χ2v) is 2.96. The normalized spacial score (nSPS) is 9.92. The molecular formula is C9H14N2O. The van der Waals surface area contributed by atoms with Gasteiger partial charge in [0.25, 0.3) is 0 Å². The van der Waals surface area contributed by atoms with Crippen LogP contribution in [0.15, 0.2) is 18.2 Å². The van der Waals surface area contributed by atoms with Crippen LogP contribution in [-0.4, -0.2) is 19.2 Å². The van der Waals surface area contributed by atoms with E-state index < -0.39 is 0 Å². The Hall–Kier alpha value is -1.22. The van der Waals surface area contributed by atoms with Crippen molar-refractivity contribution in [2.75, 3.05) is 19.0 Å². The Bertz CT molecular complexity index is 271. The fraction of sp³-hybridized carbons (Fsp3) is 0.333. The van der Waals surface area contributed by atoms with Crippen molar-refractivity contribution < 1.29 is 5.11 Å². The van der Waals surface area contributed by atoms with Crippen LogP contribution >= 0.6 is 0 Å². The third kappa shape index (κ3) is 1.89. The summed E-state index contributed by atoms with van der Waals surface area (Å²) in [6.07, 6.45) is 0. The van der Waals surface area contributed by atoms with Crippen LogP contribution in [0.2, 0.25) is 0 Å². The van der Waals surface area contributed by atoms with Crippen molar-refractivity contribution >= 4 is 5.69 Å². The van der Waals surface area contributed by atoms with Gasteiger partial charge in [-0.3, -0.25) is 0 Å². The van der Waals surface area contributed by atoms with Crippen molar-refractivity contribution in [1.82, 2.24) is 0 Å². The number of hydrogen-bond donors (Lipinski definition) is 2. The van der Waals surface area contributed by atoms with Crippen LogP contribution in [0.25, 0.3) is 0 Å². The summed E-state index contributed by atoms with van der Waals surface area (Å²) in [5.74, 6) is 0.265. The first-order valence-electron chi connectivity index (χ1n) is 3.84. The molecule has 0 spiro atoms. The lowest BCUT2D eigenvalue weighted by molar-refractivity contribution is 0.474. The van der Waals surface area contributed by atoms with Crippen molar-refractivity contribution in [2.24, 2.45) is 5.73 Å². The van der Waals surface area contributed by atoms with E-state index in [-0.39, 0.29) is 5.75 Å². The van der Waals surface area contributed by atoms with Crippen LogP contribution in [0.5, 0.6) is 5.75 Å². The van der Waals surface area contributed by atoms with Gasteiger partial charge in [0.1, 0.15) is 5.75 Å². The number of nitrogens with zero attached hydrogens (tertiary/aromatic N) is 1. The van der Waals surface area contributed by atoms with Gasteiger partial charge < -0.3 is 15.7 Å². The lowest BCUT2D eigenvalue weighted by Crippen LogP contribution is -2.09. The van der Waals surface area contributed by atoms with E-state index in [1.807, 2.05) is 25.1 Å². The maximum absolute atomic E-state index is 9.29. The number of phenolic OH excluding ortho intramolecular Hbond substituents is 1. The van der Waals surface area contributed by atoms with Gasteiger partial charge >= 0.3 is 0 Å². The van der Waals surface area contributed by atoms with Crippen molar-refractivity contribution in [2.45, 2.75) is 6.54 Å². The standard InChI is InChI=1S/C9H14N2O/c1-11(2)8-3-7(6-10)4-9(12)5-8/h3-5,12H,6,10H2,1-2H3. The predicted molar refractivity (Wildman–Crippen MR) is 50.3 cm³/mol. The Kier molecular flexibility index (Phi) is 2.55. The topological polar surface area (TPSA) is 49.5 Å². The summed E-state index contributed by atoms with van der Waals surface area (Å²) in [6, 6.07) is 5.34. The monoisotopic (exact) mass is 166 g/mol. The van der Waals surface area contributed by atoms with E-state index in [4.69, 9.17) is 5.73 Å². The van der Waals surface area contributed by atoms with Gasteiger partial charge in [-0.05, 0) is 17.7 Å². The quantitative estimate of drug-likeness (QED) is 0.686. The van der Waals surface area contributed by atoms with E-state index in [2.05, 4.69) is 0 Å². The zero-order valence-corrected chi connectivity index (χ0v) is 7.41. The lowest BCUT2D eigenvalue weighted by atomic mass is 10.2.